The van der Waals surface area contributed by atoms with Crippen LogP contribution >= 0.6 is 12.4 Å². The summed E-state index contributed by atoms with van der Waals surface area (Å²) in [5.41, 5.74) is 0. The van der Waals surface area contributed by atoms with Gasteiger partial charge in [0.05, 0.1) is 12.2 Å². The van der Waals surface area contributed by atoms with Crippen molar-refractivity contribution in [3.63, 3.8) is 0 Å². The monoisotopic (exact) mass is 153 g/mol. The van der Waals surface area contributed by atoms with Crippen molar-refractivity contribution >= 4 is 12.4 Å². The molecule has 0 aromatic rings. The van der Waals surface area contributed by atoms with E-state index >= 15 is 0 Å². The van der Waals surface area contributed by atoms with Crippen LogP contribution in [0.3, 0.4) is 0 Å². The highest BCUT2D eigenvalue weighted by Crippen LogP contribution is 2.01. The number of rotatable bonds is 0. The molecule has 56 valence electrons. The molecule has 0 radical (unpaired) electrons. The lowest BCUT2D eigenvalue weighted by atomic mass is 10.1. The minimum Gasteiger partial charge on any atom is -0.390 e. The zero-order valence-corrected chi connectivity index (χ0v) is 5.90. The summed E-state index contributed by atoms with van der Waals surface area (Å²) in [5.74, 6) is 0. The standard InChI is InChI=1S/C5H11NO2.ClH/c7-4-1-2-6-3-5(4)8;/h4-8H,1-3H2;1H/t4-,5+;/m1./s1. The summed E-state index contributed by atoms with van der Waals surface area (Å²) in [6.07, 6.45) is -0.388. The van der Waals surface area contributed by atoms with Crippen LogP contribution in [0.15, 0.2) is 0 Å². The molecule has 1 aliphatic rings. The third kappa shape index (κ3) is 2.49. The molecule has 0 unspecified atom stereocenters. The maximum Gasteiger partial charge on any atom is 0.0923 e. The molecule has 0 saturated carbocycles. The van der Waals surface area contributed by atoms with E-state index in [0.29, 0.717) is 13.0 Å². The highest BCUT2D eigenvalue weighted by Gasteiger charge is 2.18. The minimum absolute atomic E-state index is 0. The molecule has 1 aliphatic heterocycles. The van der Waals surface area contributed by atoms with Crippen molar-refractivity contribution in [3.8, 4) is 0 Å². The molecule has 1 saturated heterocycles. The summed E-state index contributed by atoms with van der Waals surface area (Å²) in [5, 5.41) is 20.7. The van der Waals surface area contributed by atoms with E-state index in [1.807, 2.05) is 0 Å². The third-order valence-electron chi connectivity index (χ3n) is 1.41. The fourth-order valence-electron chi connectivity index (χ4n) is 0.828. The Balaban J connectivity index is 0.000000640. The lowest BCUT2D eigenvalue weighted by Gasteiger charge is -2.23. The van der Waals surface area contributed by atoms with Crippen molar-refractivity contribution in [1.82, 2.24) is 5.32 Å². The van der Waals surface area contributed by atoms with Gasteiger partial charge in [-0.2, -0.15) is 0 Å². The first-order chi connectivity index (χ1) is 3.80. The number of nitrogens with one attached hydrogen (secondary N) is 1. The Hall–Kier alpha value is 0.170. The van der Waals surface area contributed by atoms with E-state index in [9.17, 15) is 0 Å². The van der Waals surface area contributed by atoms with Crippen LogP contribution in [0.1, 0.15) is 6.42 Å². The molecule has 0 aromatic carbocycles. The van der Waals surface area contributed by atoms with Crippen LogP contribution in [0.4, 0.5) is 0 Å². The minimum atomic E-state index is -0.552. The molecule has 1 fully saturated rings. The smallest absolute Gasteiger partial charge is 0.0923 e. The maximum absolute atomic E-state index is 8.89. The number of hydrogen-bond donors (Lipinski definition) is 3. The van der Waals surface area contributed by atoms with Gasteiger partial charge in [0, 0.05) is 6.54 Å². The van der Waals surface area contributed by atoms with Crippen LogP contribution in [-0.4, -0.2) is 35.5 Å². The Morgan fingerprint density at radius 1 is 1.22 bits per heavy atom. The van der Waals surface area contributed by atoms with Crippen LogP contribution < -0.4 is 5.32 Å². The molecule has 1 heterocycles. The topological polar surface area (TPSA) is 52.5 Å². The van der Waals surface area contributed by atoms with E-state index in [0.717, 1.165) is 6.54 Å². The van der Waals surface area contributed by atoms with Gasteiger partial charge in [0.15, 0.2) is 0 Å². The summed E-state index contributed by atoms with van der Waals surface area (Å²) in [6, 6.07) is 0. The second kappa shape index (κ2) is 4.06. The van der Waals surface area contributed by atoms with E-state index < -0.39 is 12.2 Å². The van der Waals surface area contributed by atoms with Crippen LogP contribution in [-0.2, 0) is 0 Å². The molecule has 3 N–H and O–H groups in total. The Bertz CT molecular complexity index is 71.4. The molecule has 2 atom stereocenters. The van der Waals surface area contributed by atoms with Crippen molar-refractivity contribution in [2.24, 2.45) is 0 Å². The number of aliphatic hydroxyl groups is 2. The SMILES string of the molecule is Cl.O[C@@H]1CCNC[C@@H]1O. The molecule has 0 bridgehead atoms. The molecule has 0 spiro atoms. The van der Waals surface area contributed by atoms with E-state index in [1.54, 1.807) is 0 Å². The molecule has 0 aromatic heterocycles. The highest BCUT2D eigenvalue weighted by molar-refractivity contribution is 5.85. The quantitative estimate of drug-likeness (QED) is 0.424. The first-order valence-electron chi connectivity index (χ1n) is 2.87. The van der Waals surface area contributed by atoms with Crippen LogP contribution in [0, 0.1) is 0 Å². The van der Waals surface area contributed by atoms with Crippen LogP contribution in [0.2, 0.25) is 0 Å². The third-order valence-corrected chi connectivity index (χ3v) is 1.41. The van der Waals surface area contributed by atoms with Crippen molar-refractivity contribution in [2.45, 2.75) is 18.6 Å². The summed E-state index contributed by atoms with van der Waals surface area (Å²) in [6.45, 7) is 1.35. The second-order valence-corrected chi connectivity index (χ2v) is 2.13. The molecule has 3 nitrogen and oxygen atoms in total. The van der Waals surface area contributed by atoms with Gasteiger partial charge in [0.25, 0.3) is 0 Å². The maximum atomic E-state index is 8.89. The van der Waals surface area contributed by atoms with Gasteiger partial charge in [-0.3, -0.25) is 0 Å². The molecule has 4 heteroatoms. The largest absolute Gasteiger partial charge is 0.390 e. The number of hydrogen-bond acceptors (Lipinski definition) is 3. The van der Waals surface area contributed by atoms with Crippen molar-refractivity contribution in [3.05, 3.63) is 0 Å². The van der Waals surface area contributed by atoms with Gasteiger partial charge in [-0.1, -0.05) is 0 Å². The normalized spacial score (nSPS) is 35.3. The lowest BCUT2D eigenvalue weighted by Crippen LogP contribution is -2.43. The van der Waals surface area contributed by atoms with E-state index in [-0.39, 0.29) is 12.4 Å². The molecule has 1 rings (SSSR count). The van der Waals surface area contributed by atoms with E-state index in [4.69, 9.17) is 10.2 Å². The lowest BCUT2D eigenvalue weighted by molar-refractivity contribution is 0.000433. The fraction of sp³-hybridized carbons (Fsp3) is 1.00. The fourth-order valence-corrected chi connectivity index (χ4v) is 0.828. The molecule has 0 aliphatic carbocycles. The number of aliphatic hydroxyl groups excluding tert-OH is 2. The van der Waals surface area contributed by atoms with Gasteiger partial charge in [-0.25, -0.2) is 0 Å². The molecular formula is C5H12ClNO2. The second-order valence-electron chi connectivity index (χ2n) is 2.13. The summed E-state index contributed by atoms with van der Waals surface area (Å²) >= 11 is 0. The molecular weight excluding hydrogens is 142 g/mol. The average Bonchev–Trinajstić information content (AvgIpc) is 1.77. The van der Waals surface area contributed by atoms with Gasteiger partial charge < -0.3 is 15.5 Å². The van der Waals surface area contributed by atoms with Crippen molar-refractivity contribution in [2.75, 3.05) is 13.1 Å². The molecule has 9 heavy (non-hydrogen) atoms. The average molecular weight is 154 g/mol. The Kier molecular flexibility index (Phi) is 4.14. The van der Waals surface area contributed by atoms with Crippen molar-refractivity contribution in [1.29, 1.82) is 0 Å². The zero-order valence-electron chi connectivity index (χ0n) is 5.08. The van der Waals surface area contributed by atoms with Crippen LogP contribution in [0.25, 0.3) is 0 Å². The van der Waals surface area contributed by atoms with Gasteiger partial charge in [0.1, 0.15) is 0 Å². The summed E-state index contributed by atoms with van der Waals surface area (Å²) in [7, 11) is 0. The van der Waals surface area contributed by atoms with Gasteiger partial charge in [-0.05, 0) is 13.0 Å². The number of β-amino-alcohol motifs (C(OH)–C–C–N with tert-alkyl or cyclic N) is 1. The predicted molar refractivity (Wildman–Crippen MR) is 36.7 cm³/mol. The Morgan fingerprint density at radius 2 is 1.89 bits per heavy atom. The number of piperidine rings is 1. The summed E-state index contributed by atoms with van der Waals surface area (Å²) < 4.78 is 0. The van der Waals surface area contributed by atoms with Gasteiger partial charge in [0.2, 0.25) is 0 Å². The Labute approximate surface area is 60.5 Å². The first kappa shape index (κ1) is 9.17. The first-order valence-corrected chi connectivity index (χ1v) is 2.87. The van der Waals surface area contributed by atoms with Gasteiger partial charge >= 0.3 is 0 Å². The summed E-state index contributed by atoms with van der Waals surface area (Å²) in [4.78, 5) is 0. The van der Waals surface area contributed by atoms with Crippen molar-refractivity contribution < 1.29 is 10.2 Å². The number of halogens is 1. The van der Waals surface area contributed by atoms with E-state index in [1.165, 1.54) is 0 Å². The zero-order chi connectivity index (χ0) is 5.98. The van der Waals surface area contributed by atoms with Gasteiger partial charge in [-0.15, -0.1) is 12.4 Å². The Morgan fingerprint density at radius 3 is 2.22 bits per heavy atom. The highest BCUT2D eigenvalue weighted by atomic mass is 35.5. The molecule has 0 amide bonds. The van der Waals surface area contributed by atoms with E-state index in [2.05, 4.69) is 5.32 Å². The predicted octanol–water partition coefficient (Wildman–Crippen LogP) is -0.877. The van der Waals surface area contributed by atoms with Crippen LogP contribution in [0.5, 0.6) is 0 Å².